The first-order valence-corrected chi connectivity index (χ1v) is 7.95. The van der Waals surface area contributed by atoms with Crippen molar-refractivity contribution in [1.29, 1.82) is 0 Å². The number of nitrogens with two attached hydrogens (primary N) is 1. The van der Waals surface area contributed by atoms with Crippen LogP contribution in [0.3, 0.4) is 0 Å². The smallest absolute Gasteiger partial charge is 0.141 e. The zero-order valence-corrected chi connectivity index (χ0v) is 12.8. The Morgan fingerprint density at radius 2 is 2.00 bits per heavy atom. The molecule has 21 heavy (non-hydrogen) atoms. The van der Waals surface area contributed by atoms with E-state index >= 15 is 0 Å². The van der Waals surface area contributed by atoms with Crippen molar-refractivity contribution < 1.29 is 0 Å². The van der Waals surface area contributed by atoms with Gasteiger partial charge in [0, 0.05) is 30.6 Å². The SMILES string of the molecule is CCN(CCN)c1ncnc2scc(-c3ccccc3)c12. The van der Waals surface area contributed by atoms with Gasteiger partial charge in [0.05, 0.1) is 5.39 Å². The highest BCUT2D eigenvalue weighted by Crippen LogP contribution is 2.37. The van der Waals surface area contributed by atoms with Crippen LogP contribution in [0.25, 0.3) is 21.3 Å². The largest absolute Gasteiger partial charge is 0.355 e. The van der Waals surface area contributed by atoms with Crippen molar-refractivity contribution in [2.45, 2.75) is 6.92 Å². The third-order valence-electron chi connectivity index (χ3n) is 3.52. The zero-order chi connectivity index (χ0) is 14.7. The molecule has 0 saturated carbocycles. The zero-order valence-electron chi connectivity index (χ0n) is 12.0. The molecule has 0 spiro atoms. The topological polar surface area (TPSA) is 55.0 Å². The van der Waals surface area contributed by atoms with Crippen molar-refractivity contribution in [1.82, 2.24) is 9.97 Å². The summed E-state index contributed by atoms with van der Waals surface area (Å²) in [6.45, 7) is 4.42. The van der Waals surface area contributed by atoms with Gasteiger partial charge >= 0.3 is 0 Å². The number of anilines is 1. The number of aromatic nitrogens is 2. The van der Waals surface area contributed by atoms with Crippen LogP contribution in [0, 0.1) is 0 Å². The van der Waals surface area contributed by atoms with E-state index in [0.29, 0.717) is 6.54 Å². The summed E-state index contributed by atoms with van der Waals surface area (Å²) in [5.41, 5.74) is 8.12. The minimum Gasteiger partial charge on any atom is -0.355 e. The number of hydrogen-bond donors (Lipinski definition) is 1. The van der Waals surface area contributed by atoms with Gasteiger partial charge in [0.15, 0.2) is 0 Å². The van der Waals surface area contributed by atoms with E-state index in [-0.39, 0.29) is 0 Å². The molecular formula is C16H18N4S. The van der Waals surface area contributed by atoms with Gasteiger partial charge in [-0.25, -0.2) is 9.97 Å². The highest BCUT2D eigenvalue weighted by Gasteiger charge is 2.16. The minimum atomic E-state index is 0.615. The molecule has 3 aromatic rings. The summed E-state index contributed by atoms with van der Waals surface area (Å²) in [5, 5.41) is 3.29. The van der Waals surface area contributed by atoms with E-state index in [1.807, 2.05) is 6.07 Å². The predicted molar refractivity (Wildman–Crippen MR) is 89.8 cm³/mol. The number of rotatable bonds is 5. The van der Waals surface area contributed by atoms with Crippen molar-refractivity contribution in [3.63, 3.8) is 0 Å². The molecule has 0 unspecified atom stereocenters. The molecule has 0 aliphatic carbocycles. The number of likely N-dealkylation sites (N-methyl/N-ethyl adjacent to an activating group) is 1. The van der Waals surface area contributed by atoms with Crippen LogP contribution in [0.5, 0.6) is 0 Å². The molecule has 2 aromatic heterocycles. The molecule has 0 radical (unpaired) electrons. The van der Waals surface area contributed by atoms with Crippen LogP contribution < -0.4 is 10.6 Å². The van der Waals surface area contributed by atoms with Gasteiger partial charge < -0.3 is 10.6 Å². The summed E-state index contributed by atoms with van der Waals surface area (Å²) < 4.78 is 0. The molecule has 0 saturated heterocycles. The molecule has 0 bridgehead atoms. The molecule has 5 heteroatoms. The number of thiophene rings is 1. The van der Waals surface area contributed by atoms with Gasteiger partial charge in [-0.1, -0.05) is 30.3 Å². The summed E-state index contributed by atoms with van der Waals surface area (Å²) in [6, 6.07) is 10.4. The third-order valence-corrected chi connectivity index (χ3v) is 4.40. The van der Waals surface area contributed by atoms with Gasteiger partial charge in [0.2, 0.25) is 0 Å². The van der Waals surface area contributed by atoms with Crippen molar-refractivity contribution in [2.24, 2.45) is 5.73 Å². The second-order valence-corrected chi connectivity index (χ2v) is 5.62. The summed E-state index contributed by atoms with van der Waals surface area (Å²) in [7, 11) is 0. The van der Waals surface area contributed by atoms with Gasteiger partial charge in [-0.05, 0) is 12.5 Å². The molecule has 0 atom stereocenters. The fourth-order valence-electron chi connectivity index (χ4n) is 2.50. The Bertz CT molecular complexity index is 723. The van der Waals surface area contributed by atoms with Crippen molar-refractivity contribution in [3.05, 3.63) is 42.0 Å². The van der Waals surface area contributed by atoms with Gasteiger partial charge in [0.25, 0.3) is 0 Å². The normalized spacial score (nSPS) is 11.0. The van der Waals surface area contributed by atoms with Crippen LogP contribution in [0.15, 0.2) is 42.0 Å². The Hall–Kier alpha value is -1.98. The molecule has 0 fully saturated rings. The molecule has 108 valence electrons. The average molecular weight is 298 g/mol. The van der Waals surface area contributed by atoms with Gasteiger partial charge in [-0.2, -0.15) is 0 Å². The summed E-state index contributed by atoms with van der Waals surface area (Å²) >= 11 is 1.66. The molecule has 2 N–H and O–H groups in total. The monoisotopic (exact) mass is 298 g/mol. The van der Waals surface area contributed by atoms with Gasteiger partial charge in [-0.3, -0.25) is 0 Å². The van der Waals surface area contributed by atoms with Crippen LogP contribution in [-0.2, 0) is 0 Å². The number of fused-ring (bicyclic) bond motifs is 1. The molecule has 1 aromatic carbocycles. The van der Waals surface area contributed by atoms with Crippen molar-refractivity contribution in [2.75, 3.05) is 24.5 Å². The van der Waals surface area contributed by atoms with Crippen LogP contribution in [0.1, 0.15) is 6.92 Å². The number of hydrogen-bond acceptors (Lipinski definition) is 5. The standard InChI is InChI=1S/C16H18N4S/c1-2-20(9-8-17)15-14-13(12-6-4-3-5-7-12)10-21-16(14)19-11-18-15/h3-7,10-11H,2,8-9,17H2,1H3. The van der Waals surface area contributed by atoms with Crippen LogP contribution in [-0.4, -0.2) is 29.6 Å². The van der Waals surface area contributed by atoms with E-state index in [9.17, 15) is 0 Å². The van der Waals surface area contributed by atoms with E-state index in [1.54, 1.807) is 17.7 Å². The molecule has 4 nitrogen and oxygen atoms in total. The molecular weight excluding hydrogens is 280 g/mol. The Kier molecular flexibility index (Phi) is 4.13. The Labute approximate surface area is 128 Å². The maximum atomic E-state index is 5.73. The average Bonchev–Trinajstić information content (AvgIpc) is 2.97. The van der Waals surface area contributed by atoms with E-state index in [0.717, 1.165) is 29.1 Å². The highest BCUT2D eigenvalue weighted by atomic mass is 32.1. The first kappa shape index (κ1) is 14.0. The third kappa shape index (κ3) is 2.62. The van der Waals surface area contributed by atoms with Gasteiger partial charge in [0.1, 0.15) is 17.0 Å². The first-order valence-electron chi connectivity index (χ1n) is 7.07. The van der Waals surface area contributed by atoms with E-state index < -0.39 is 0 Å². The Balaban J connectivity index is 2.19. The van der Waals surface area contributed by atoms with Crippen molar-refractivity contribution >= 4 is 27.4 Å². The Morgan fingerprint density at radius 3 is 2.71 bits per heavy atom. The quantitative estimate of drug-likeness (QED) is 0.786. The van der Waals surface area contributed by atoms with E-state index in [4.69, 9.17) is 5.73 Å². The second kappa shape index (κ2) is 6.20. The number of nitrogens with zero attached hydrogens (tertiary/aromatic N) is 3. The Morgan fingerprint density at radius 1 is 1.19 bits per heavy atom. The first-order chi connectivity index (χ1) is 10.3. The lowest BCUT2D eigenvalue weighted by atomic mass is 10.1. The molecule has 0 amide bonds. The fourth-order valence-corrected chi connectivity index (χ4v) is 3.41. The summed E-state index contributed by atoms with van der Waals surface area (Å²) in [5.74, 6) is 0.980. The summed E-state index contributed by atoms with van der Waals surface area (Å²) in [6.07, 6.45) is 1.64. The van der Waals surface area contributed by atoms with Crippen molar-refractivity contribution in [3.8, 4) is 11.1 Å². The maximum Gasteiger partial charge on any atom is 0.141 e. The van der Waals surface area contributed by atoms with E-state index in [1.165, 1.54) is 11.1 Å². The lowest BCUT2D eigenvalue weighted by molar-refractivity contribution is 0.804. The lowest BCUT2D eigenvalue weighted by Crippen LogP contribution is -2.30. The fraction of sp³-hybridized carbons (Fsp3) is 0.250. The molecule has 2 heterocycles. The van der Waals surface area contributed by atoms with E-state index in [2.05, 4.69) is 51.4 Å². The molecule has 0 aliphatic heterocycles. The predicted octanol–water partition coefficient (Wildman–Crippen LogP) is 3.14. The van der Waals surface area contributed by atoms with Crippen LogP contribution >= 0.6 is 11.3 Å². The van der Waals surface area contributed by atoms with Crippen LogP contribution in [0.2, 0.25) is 0 Å². The summed E-state index contributed by atoms with van der Waals surface area (Å²) in [4.78, 5) is 12.2. The minimum absolute atomic E-state index is 0.615. The molecule has 0 aliphatic rings. The van der Waals surface area contributed by atoms with Gasteiger partial charge in [-0.15, -0.1) is 11.3 Å². The maximum absolute atomic E-state index is 5.73. The second-order valence-electron chi connectivity index (χ2n) is 4.76. The number of benzene rings is 1. The highest BCUT2D eigenvalue weighted by molar-refractivity contribution is 7.17. The lowest BCUT2D eigenvalue weighted by Gasteiger charge is -2.22. The molecule has 3 rings (SSSR count). The van der Waals surface area contributed by atoms with Crippen LogP contribution in [0.4, 0.5) is 5.82 Å².